The Morgan fingerprint density at radius 3 is 2.32 bits per heavy atom. The van der Waals surface area contributed by atoms with Crippen LogP contribution >= 0.6 is 11.8 Å². The van der Waals surface area contributed by atoms with Gasteiger partial charge in [0.25, 0.3) is 5.22 Å². The minimum absolute atomic E-state index is 0.157. The number of esters is 1. The van der Waals surface area contributed by atoms with Gasteiger partial charge in [-0.05, 0) is 36.2 Å². The molecule has 31 heavy (non-hydrogen) atoms. The number of ether oxygens (including phenoxy) is 2. The summed E-state index contributed by atoms with van der Waals surface area (Å²) in [4.78, 5) is 24.2. The van der Waals surface area contributed by atoms with Crippen molar-refractivity contribution in [1.29, 1.82) is 0 Å². The Bertz CT molecular complexity index is 981. The molecule has 8 nitrogen and oxygen atoms in total. The third-order valence-electron chi connectivity index (χ3n) is 4.31. The van der Waals surface area contributed by atoms with Crippen LogP contribution in [0.25, 0.3) is 0 Å². The summed E-state index contributed by atoms with van der Waals surface area (Å²) in [6.07, 6.45) is -0.143. The Morgan fingerprint density at radius 2 is 1.68 bits per heavy atom. The minimum atomic E-state index is -0.597. The summed E-state index contributed by atoms with van der Waals surface area (Å²) in [5, 5.41) is 10.3. The molecule has 3 rings (SSSR count). The number of carbonyl (C=O) groups excluding carboxylic acids is 2. The Balaban J connectivity index is 1.55. The van der Waals surface area contributed by atoms with Crippen LogP contribution in [0.1, 0.15) is 30.0 Å². The van der Waals surface area contributed by atoms with Crippen molar-refractivity contribution in [3.8, 4) is 0 Å². The van der Waals surface area contributed by atoms with E-state index in [1.54, 1.807) is 6.92 Å². The van der Waals surface area contributed by atoms with Crippen LogP contribution in [0.3, 0.4) is 0 Å². The fraction of sp³-hybridized carbons (Fsp3) is 0.273. The number of alkyl carbamates (subject to hydrolysis) is 1. The highest BCUT2D eigenvalue weighted by atomic mass is 32.2. The van der Waals surface area contributed by atoms with Gasteiger partial charge in [0.1, 0.15) is 17.9 Å². The van der Waals surface area contributed by atoms with Gasteiger partial charge >= 0.3 is 12.1 Å². The summed E-state index contributed by atoms with van der Waals surface area (Å²) in [6.45, 7) is 1.86. The Morgan fingerprint density at radius 1 is 1.03 bits per heavy atom. The number of nitrogens with one attached hydrogen (secondary N) is 1. The van der Waals surface area contributed by atoms with E-state index in [4.69, 9.17) is 13.9 Å². The number of methoxy groups -OCH3 is 1. The summed E-state index contributed by atoms with van der Waals surface area (Å²) >= 11 is 1.12. The zero-order valence-corrected chi connectivity index (χ0v) is 18.0. The fourth-order valence-electron chi connectivity index (χ4n) is 2.70. The number of aromatic nitrogens is 2. The molecule has 0 saturated carbocycles. The predicted octanol–water partition coefficient (Wildman–Crippen LogP) is 3.93. The van der Waals surface area contributed by atoms with E-state index in [1.165, 1.54) is 7.11 Å². The minimum Gasteiger partial charge on any atom is -0.468 e. The molecule has 1 aromatic heterocycles. The smallest absolute Gasteiger partial charge is 0.408 e. The van der Waals surface area contributed by atoms with E-state index in [9.17, 15) is 9.59 Å². The first-order valence-electron chi connectivity index (χ1n) is 9.64. The number of thioether (sulfide) groups is 1. The van der Waals surface area contributed by atoms with Crippen LogP contribution in [0.5, 0.6) is 0 Å². The highest BCUT2D eigenvalue weighted by Crippen LogP contribution is 2.27. The van der Waals surface area contributed by atoms with Crippen LogP contribution in [-0.2, 0) is 27.3 Å². The van der Waals surface area contributed by atoms with E-state index in [0.717, 1.165) is 22.9 Å². The maximum atomic E-state index is 12.2. The topological polar surface area (TPSA) is 104 Å². The molecule has 0 spiro atoms. The Kier molecular flexibility index (Phi) is 8.05. The standard InChI is InChI=1S/C22H23N3O5S/c1-15(23-21(27)29-14-17-11-7-4-8-12-17)19-24-25-22(30-19)31-18(20(26)28-2)13-16-9-5-3-6-10-16/h3-12,15,18H,13-14H2,1-2H3,(H,23,27)/t15-,18+/m0/s1. The SMILES string of the molecule is COC(=O)[C@@H](Cc1ccccc1)Sc1nnc([C@H](C)NC(=O)OCc2ccccc2)o1. The van der Waals surface area contributed by atoms with Gasteiger partial charge in [-0.25, -0.2) is 4.79 Å². The van der Waals surface area contributed by atoms with Gasteiger partial charge in [0.15, 0.2) is 0 Å². The number of carbonyl (C=O) groups is 2. The number of hydrogen-bond donors (Lipinski definition) is 1. The number of hydrogen-bond acceptors (Lipinski definition) is 8. The predicted molar refractivity (Wildman–Crippen MR) is 114 cm³/mol. The molecule has 2 atom stereocenters. The summed E-state index contributed by atoms with van der Waals surface area (Å²) in [5.74, 6) is -0.174. The molecular formula is C22H23N3O5S. The number of nitrogens with zero attached hydrogens (tertiary/aromatic N) is 2. The second-order valence-electron chi connectivity index (χ2n) is 6.65. The van der Waals surface area contributed by atoms with Crippen LogP contribution in [0.2, 0.25) is 0 Å². The van der Waals surface area contributed by atoms with Gasteiger partial charge in [-0.3, -0.25) is 4.79 Å². The monoisotopic (exact) mass is 441 g/mol. The molecular weight excluding hydrogens is 418 g/mol. The summed E-state index contributed by atoms with van der Waals surface area (Å²) < 4.78 is 15.7. The Labute approximate surface area is 184 Å². The molecule has 9 heteroatoms. The average molecular weight is 442 g/mol. The highest BCUT2D eigenvalue weighted by Gasteiger charge is 2.25. The summed E-state index contributed by atoms with van der Waals surface area (Å²) in [6, 6.07) is 18.4. The highest BCUT2D eigenvalue weighted by molar-refractivity contribution is 8.00. The van der Waals surface area contributed by atoms with E-state index in [0.29, 0.717) is 6.42 Å². The van der Waals surface area contributed by atoms with Gasteiger partial charge in [-0.15, -0.1) is 10.2 Å². The van der Waals surface area contributed by atoms with Gasteiger partial charge < -0.3 is 19.2 Å². The molecule has 0 fully saturated rings. The molecule has 162 valence electrons. The van der Waals surface area contributed by atoms with E-state index >= 15 is 0 Å². The maximum absolute atomic E-state index is 12.2. The molecule has 0 unspecified atom stereocenters. The first-order valence-corrected chi connectivity index (χ1v) is 10.5. The molecule has 0 radical (unpaired) electrons. The average Bonchev–Trinajstić information content (AvgIpc) is 3.27. The third kappa shape index (κ3) is 6.85. The molecule has 1 heterocycles. The van der Waals surface area contributed by atoms with Gasteiger partial charge in [-0.2, -0.15) is 0 Å². The molecule has 1 N–H and O–H groups in total. The second kappa shape index (κ2) is 11.2. The number of amides is 1. The normalized spacial score (nSPS) is 12.6. The largest absolute Gasteiger partial charge is 0.468 e. The van der Waals surface area contributed by atoms with E-state index < -0.39 is 17.4 Å². The molecule has 0 saturated heterocycles. The van der Waals surface area contributed by atoms with Crippen molar-refractivity contribution >= 4 is 23.8 Å². The molecule has 0 aliphatic rings. The molecule has 3 aromatic rings. The fourth-order valence-corrected chi connectivity index (χ4v) is 3.63. The lowest BCUT2D eigenvalue weighted by Crippen LogP contribution is -2.27. The van der Waals surface area contributed by atoms with Crippen molar-refractivity contribution in [3.05, 3.63) is 77.7 Å². The van der Waals surface area contributed by atoms with Crippen molar-refractivity contribution in [2.24, 2.45) is 0 Å². The maximum Gasteiger partial charge on any atom is 0.408 e. The lowest BCUT2D eigenvalue weighted by molar-refractivity contribution is -0.139. The van der Waals surface area contributed by atoms with E-state index in [2.05, 4.69) is 15.5 Å². The quantitative estimate of drug-likeness (QED) is 0.393. The van der Waals surface area contributed by atoms with Crippen molar-refractivity contribution in [2.45, 2.75) is 36.5 Å². The summed E-state index contributed by atoms with van der Waals surface area (Å²) in [5.41, 5.74) is 1.87. The molecule has 1 amide bonds. The third-order valence-corrected chi connectivity index (χ3v) is 5.32. The summed E-state index contributed by atoms with van der Waals surface area (Å²) in [7, 11) is 1.34. The lowest BCUT2D eigenvalue weighted by Gasteiger charge is -2.12. The van der Waals surface area contributed by atoms with Crippen LogP contribution in [0, 0.1) is 0 Å². The van der Waals surface area contributed by atoms with Crippen molar-refractivity contribution in [1.82, 2.24) is 15.5 Å². The van der Waals surface area contributed by atoms with Gasteiger partial charge in [0.05, 0.1) is 7.11 Å². The number of benzene rings is 2. The van der Waals surface area contributed by atoms with Gasteiger partial charge in [0, 0.05) is 0 Å². The van der Waals surface area contributed by atoms with Crippen molar-refractivity contribution < 1.29 is 23.5 Å². The lowest BCUT2D eigenvalue weighted by atomic mass is 10.1. The van der Waals surface area contributed by atoms with E-state index in [-0.39, 0.29) is 23.7 Å². The molecule has 0 bridgehead atoms. The first kappa shape index (κ1) is 22.4. The van der Waals surface area contributed by atoms with Crippen LogP contribution in [0.15, 0.2) is 70.3 Å². The van der Waals surface area contributed by atoms with Gasteiger partial charge in [0.2, 0.25) is 5.89 Å². The molecule has 2 aromatic carbocycles. The molecule has 0 aliphatic carbocycles. The van der Waals surface area contributed by atoms with Crippen LogP contribution in [0.4, 0.5) is 4.79 Å². The van der Waals surface area contributed by atoms with Crippen LogP contribution < -0.4 is 5.32 Å². The van der Waals surface area contributed by atoms with Crippen molar-refractivity contribution in [2.75, 3.05) is 7.11 Å². The van der Waals surface area contributed by atoms with Crippen LogP contribution in [-0.4, -0.2) is 34.6 Å². The zero-order valence-electron chi connectivity index (χ0n) is 17.2. The van der Waals surface area contributed by atoms with Gasteiger partial charge in [-0.1, -0.05) is 60.7 Å². The second-order valence-corrected chi connectivity index (χ2v) is 7.81. The first-order chi connectivity index (χ1) is 15.0. The number of rotatable bonds is 9. The van der Waals surface area contributed by atoms with E-state index in [1.807, 2.05) is 60.7 Å². The molecule has 0 aliphatic heterocycles. The Hall–Kier alpha value is -3.33. The van der Waals surface area contributed by atoms with Crippen molar-refractivity contribution in [3.63, 3.8) is 0 Å². The zero-order chi connectivity index (χ0) is 22.1.